The third kappa shape index (κ3) is 7.10. The van der Waals surface area contributed by atoms with Gasteiger partial charge >= 0.3 is 0 Å². The highest BCUT2D eigenvalue weighted by Crippen LogP contribution is 2.31. The first-order chi connectivity index (χ1) is 17.3. The Hall–Kier alpha value is -3.32. The minimum absolute atomic E-state index is 0.205. The van der Waals surface area contributed by atoms with Crippen LogP contribution in [0.3, 0.4) is 0 Å². The number of hydrogen-bond donors (Lipinski definition) is 2. The van der Waals surface area contributed by atoms with Crippen LogP contribution in [0.4, 0.5) is 4.39 Å². The molecule has 1 atom stereocenters. The number of benzene rings is 2. The molecule has 3 rings (SSSR count). The number of carbonyl (C=O) groups is 1. The summed E-state index contributed by atoms with van der Waals surface area (Å²) < 4.78 is 15.0. The number of thioether (sulfide) groups is 1. The summed E-state index contributed by atoms with van der Waals surface area (Å²) in [5, 5.41) is 17.6. The van der Waals surface area contributed by atoms with E-state index in [1.807, 2.05) is 18.4 Å². The molecule has 0 fully saturated rings. The van der Waals surface area contributed by atoms with Crippen LogP contribution < -0.4 is 5.32 Å². The zero-order valence-corrected chi connectivity index (χ0v) is 22.5. The van der Waals surface area contributed by atoms with E-state index in [0.717, 1.165) is 23.3 Å². The number of nitrogens with zero attached hydrogens (tertiary/aromatic N) is 2. The Kier molecular flexibility index (Phi) is 11.5. The van der Waals surface area contributed by atoms with Crippen molar-refractivity contribution in [2.24, 2.45) is 0 Å². The van der Waals surface area contributed by atoms with Gasteiger partial charge in [-0.1, -0.05) is 52.3 Å². The van der Waals surface area contributed by atoms with Gasteiger partial charge in [0.2, 0.25) is 0 Å². The van der Waals surface area contributed by atoms with Gasteiger partial charge < -0.3 is 10.4 Å². The molecule has 0 radical (unpaired) electrons. The van der Waals surface area contributed by atoms with E-state index in [0.29, 0.717) is 22.5 Å². The van der Waals surface area contributed by atoms with Crippen molar-refractivity contribution in [3.63, 3.8) is 0 Å². The fourth-order valence-electron chi connectivity index (χ4n) is 3.72. The first kappa shape index (κ1) is 28.9. The van der Waals surface area contributed by atoms with Crippen LogP contribution in [0.25, 0.3) is 17.3 Å². The average molecular weight is 510 g/mol. The van der Waals surface area contributed by atoms with Gasteiger partial charge in [-0.2, -0.15) is 5.10 Å². The molecule has 0 aliphatic carbocycles. The lowest BCUT2D eigenvalue weighted by Gasteiger charge is -2.20. The van der Waals surface area contributed by atoms with Crippen molar-refractivity contribution in [1.82, 2.24) is 15.1 Å². The summed E-state index contributed by atoms with van der Waals surface area (Å²) in [5.74, 6) is -0.331. The normalized spacial score (nSPS) is 11.9. The number of allylic oxidation sites excluding steroid dienone is 1. The zero-order valence-electron chi connectivity index (χ0n) is 21.7. The van der Waals surface area contributed by atoms with Gasteiger partial charge in [-0.15, -0.1) is 11.8 Å². The molecule has 0 aliphatic rings. The van der Waals surface area contributed by atoms with Crippen molar-refractivity contribution in [3.8, 4) is 11.4 Å². The number of aromatic hydroxyl groups is 1. The van der Waals surface area contributed by atoms with Gasteiger partial charge in [-0.3, -0.25) is 4.79 Å². The second kappa shape index (κ2) is 14.3. The number of halogens is 1. The van der Waals surface area contributed by atoms with Gasteiger partial charge in [-0.05, 0) is 67.6 Å². The summed E-state index contributed by atoms with van der Waals surface area (Å²) in [5.41, 5.74) is 3.37. The molecule has 2 N–H and O–H groups in total. The largest absolute Gasteiger partial charge is 0.507 e. The fourth-order valence-corrected chi connectivity index (χ4v) is 4.25. The van der Waals surface area contributed by atoms with Gasteiger partial charge in [0.05, 0.1) is 23.6 Å². The van der Waals surface area contributed by atoms with Crippen LogP contribution in [0.1, 0.15) is 69.8 Å². The molecule has 5 nitrogen and oxygen atoms in total. The lowest BCUT2D eigenvalue weighted by Crippen LogP contribution is -2.29. The Morgan fingerprint density at radius 3 is 2.44 bits per heavy atom. The van der Waals surface area contributed by atoms with Crippen molar-refractivity contribution in [3.05, 3.63) is 84.0 Å². The van der Waals surface area contributed by atoms with E-state index in [9.17, 15) is 14.3 Å². The Labute approximate surface area is 218 Å². The number of hydrogen-bond acceptors (Lipinski definition) is 4. The van der Waals surface area contributed by atoms with E-state index in [1.165, 1.54) is 30.3 Å². The fraction of sp³-hybridized carbons (Fsp3) is 0.310. The molecule has 2 aromatic carbocycles. The molecule has 0 aliphatic heterocycles. The van der Waals surface area contributed by atoms with Crippen LogP contribution >= 0.6 is 11.8 Å². The molecular formula is C29H36FN3O2S. The molecule has 1 heterocycles. The highest BCUT2D eigenvalue weighted by molar-refractivity contribution is 7.98. The molecule has 0 saturated carbocycles. The highest BCUT2D eigenvalue weighted by atomic mass is 32.2. The summed E-state index contributed by atoms with van der Waals surface area (Å²) in [6, 6.07) is 11.2. The van der Waals surface area contributed by atoms with Crippen LogP contribution in [-0.2, 0) is 4.79 Å². The molecule has 1 aromatic heterocycles. The van der Waals surface area contributed by atoms with Crippen molar-refractivity contribution < 1.29 is 14.3 Å². The molecule has 7 heteroatoms. The predicted octanol–water partition coefficient (Wildman–Crippen LogP) is 7.56. The number of carbonyl (C=O) groups excluding carboxylic acids is 1. The van der Waals surface area contributed by atoms with Crippen LogP contribution in [0.15, 0.2) is 66.2 Å². The van der Waals surface area contributed by atoms with Crippen LogP contribution in [-0.4, -0.2) is 27.0 Å². The summed E-state index contributed by atoms with van der Waals surface area (Å²) in [6.07, 6.45) is 9.80. The third-order valence-corrected chi connectivity index (χ3v) is 6.15. The lowest BCUT2D eigenvalue weighted by atomic mass is 10.00. The molecule has 0 saturated heterocycles. The second-order valence-corrected chi connectivity index (χ2v) is 9.04. The monoisotopic (exact) mass is 509 g/mol. The summed E-state index contributed by atoms with van der Waals surface area (Å²) in [7, 11) is 0. The van der Waals surface area contributed by atoms with Crippen molar-refractivity contribution in [2.75, 3.05) is 6.26 Å². The summed E-state index contributed by atoms with van der Waals surface area (Å²) >= 11 is 1.46. The Morgan fingerprint density at radius 1 is 1.22 bits per heavy atom. The molecule has 192 valence electrons. The number of nitrogens with one attached hydrogen (secondary N) is 1. The summed E-state index contributed by atoms with van der Waals surface area (Å²) in [6.45, 7) is 12.0. The standard InChI is InChI=1S/C26H28FN3O2S.C3H8/c1-5-8-22(17-9-14-24(31)25(15-17)33-4)29-26(32)20(6-2)21-16-28-30(23(21)7-3)19-12-10-18(27)11-13-19;1-3-2/h6-7,9-16,22,31H,3,5,8H2,1-2,4H3,(H,29,32);3H2,1-2H3/b20-6+;. The van der Waals surface area contributed by atoms with Crippen LogP contribution in [0.2, 0.25) is 0 Å². The van der Waals surface area contributed by atoms with Crippen LogP contribution in [0.5, 0.6) is 5.75 Å². The van der Waals surface area contributed by atoms with Crippen molar-refractivity contribution in [2.45, 2.75) is 57.9 Å². The third-order valence-electron chi connectivity index (χ3n) is 5.38. The molecule has 1 amide bonds. The average Bonchev–Trinajstić information content (AvgIpc) is 3.29. The SMILES string of the molecule is C=Cc1c(/C(=C\C)C(=O)NC(CCC)c2ccc(O)c(SC)c2)cnn1-c1ccc(F)cc1.CCC. The topological polar surface area (TPSA) is 67.2 Å². The predicted molar refractivity (Wildman–Crippen MR) is 149 cm³/mol. The second-order valence-electron chi connectivity index (χ2n) is 8.19. The number of phenolic OH excluding ortho intramolecular Hbond substituents is 1. The van der Waals surface area contributed by atoms with Crippen LogP contribution in [0, 0.1) is 5.82 Å². The number of aromatic nitrogens is 2. The van der Waals surface area contributed by atoms with Gasteiger partial charge in [0.1, 0.15) is 11.6 Å². The van der Waals surface area contributed by atoms with Gasteiger partial charge in [0.15, 0.2) is 0 Å². The van der Waals surface area contributed by atoms with E-state index in [-0.39, 0.29) is 23.5 Å². The minimum atomic E-state index is -0.333. The van der Waals surface area contributed by atoms with Crippen molar-refractivity contribution >= 4 is 29.3 Å². The maximum Gasteiger partial charge on any atom is 0.252 e. The van der Waals surface area contributed by atoms with E-state index < -0.39 is 0 Å². The van der Waals surface area contributed by atoms with Gasteiger partial charge in [0.25, 0.3) is 5.91 Å². The highest BCUT2D eigenvalue weighted by Gasteiger charge is 2.22. The van der Waals surface area contributed by atoms with E-state index >= 15 is 0 Å². The number of amides is 1. The molecule has 0 bridgehead atoms. The van der Waals surface area contributed by atoms with E-state index in [1.54, 1.807) is 48.2 Å². The smallest absolute Gasteiger partial charge is 0.252 e. The Morgan fingerprint density at radius 2 is 1.89 bits per heavy atom. The molecular weight excluding hydrogens is 473 g/mol. The Balaban J connectivity index is 0.00000145. The van der Waals surface area contributed by atoms with Gasteiger partial charge in [-0.25, -0.2) is 9.07 Å². The maximum atomic E-state index is 13.4. The first-order valence-corrected chi connectivity index (χ1v) is 13.4. The zero-order chi connectivity index (χ0) is 26.7. The molecule has 36 heavy (non-hydrogen) atoms. The minimum Gasteiger partial charge on any atom is -0.507 e. The molecule has 3 aromatic rings. The van der Waals surface area contributed by atoms with Crippen molar-refractivity contribution in [1.29, 1.82) is 0 Å². The maximum absolute atomic E-state index is 13.4. The summed E-state index contributed by atoms with van der Waals surface area (Å²) in [4.78, 5) is 14.1. The quantitative estimate of drug-likeness (QED) is 0.231. The molecule has 1 unspecified atom stereocenters. The Bertz CT molecular complexity index is 1190. The molecule has 0 spiro atoms. The number of phenols is 1. The first-order valence-electron chi connectivity index (χ1n) is 12.2. The van der Waals surface area contributed by atoms with E-state index in [2.05, 4.69) is 37.8 Å². The number of rotatable bonds is 9. The van der Waals surface area contributed by atoms with E-state index in [4.69, 9.17) is 0 Å². The lowest BCUT2D eigenvalue weighted by molar-refractivity contribution is -0.116. The van der Waals surface area contributed by atoms with Gasteiger partial charge in [0, 0.05) is 16.0 Å².